The zero-order chi connectivity index (χ0) is 21.8. The number of fused-ring (bicyclic) bond motifs is 1. The molecule has 31 heavy (non-hydrogen) atoms. The van der Waals surface area contributed by atoms with E-state index in [1.807, 2.05) is 36.4 Å². The molecule has 2 aromatic carbocycles. The second-order valence-electron chi connectivity index (χ2n) is 7.79. The molecule has 0 radical (unpaired) electrons. The van der Waals surface area contributed by atoms with Crippen molar-refractivity contribution < 1.29 is 18.7 Å². The number of aromatic nitrogens is 1. The molecule has 2 heterocycles. The van der Waals surface area contributed by atoms with Crippen LogP contribution in [-0.4, -0.2) is 24.1 Å². The highest BCUT2D eigenvalue weighted by Crippen LogP contribution is 2.34. The number of amides is 1. The molecule has 7 heteroatoms. The van der Waals surface area contributed by atoms with Crippen LogP contribution in [0.25, 0.3) is 11.3 Å². The summed E-state index contributed by atoms with van der Waals surface area (Å²) in [5.74, 6) is 2.70. The van der Waals surface area contributed by atoms with E-state index in [0.29, 0.717) is 36.3 Å². The van der Waals surface area contributed by atoms with Crippen molar-refractivity contribution in [3.8, 4) is 22.8 Å². The van der Waals surface area contributed by atoms with Crippen molar-refractivity contribution in [3.63, 3.8) is 0 Å². The minimum Gasteiger partial charge on any atom is -0.486 e. The SMILES string of the molecule is CC(C)C(NC(=O)CCc1ncc(-c2ccccc2Cl)o1)c1ccc2c(c1)OCCO2. The number of ether oxygens (including phenoxy) is 2. The first-order chi connectivity index (χ1) is 15.0. The number of rotatable bonds is 7. The molecular formula is C24H25ClN2O4. The first kappa shape index (κ1) is 21.2. The summed E-state index contributed by atoms with van der Waals surface area (Å²) >= 11 is 6.22. The molecule has 0 aliphatic carbocycles. The maximum atomic E-state index is 12.7. The van der Waals surface area contributed by atoms with Crippen LogP contribution < -0.4 is 14.8 Å². The minimum atomic E-state index is -0.133. The quantitative estimate of drug-likeness (QED) is 0.545. The summed E-state index contributed by atoms with van der Waals surface area (Å²) in [6.45, 7) is 5.23. The van der Waals surface area contributed by atoms with Gasteiger partial charge in [0.05, 0.1) is 17.3 Å². The van der Waals surface area contributed by atoms with Gasteiger partial charge in [0.15, 0.2) is 23.1 Å². The van der Waals surface area contributed by atoms with Crippen molar-refractivity contribution in [1.29, 1.82) is 0 Å². The lowest BCUT2D eigenvalue weighted by atomic mass is 9.95. The average Bonchev–Trinajstić information content (AvgIpc) is 3.24. The fourth-order valence-electron chi connectivity index (χ4n) is 3.57. The fraction of sp³-hybridized carbons (Fsp3) is 0.333. The highest BCUT2D eigenvalue weighted by atomic mass is 35.5. The maximum Gasteiger partial charge on any atom is 0.221 e. The Hall–Kier alpha value is -2.99. The molecule has 0 fully saturated rings. The Morgan fingerprint density at radius 1 is 1.13 bits per heavy atom. The van der Waals surface area contributed by atoms with Crippen LogP contribution in [0.3, 0.4) is 0 Å². The van der Waals surface area contributed by atoms with Crippen molar-refractivity contribution in [2.75, 3.05) is 13.2 Å². The summed E-state index contributed by atoms with van der Waals surface area (Å²) < 4.78 is 17.1. The van der Waals surface area contributed by atoms with Crippen LogP contribution in [0.2, 0.25) is 5.02 Å². The van der Waals surface area contributed by atoms with Crippen molar-refractivity contribution in [2.24, 2.45) is 5.92 Å². The molecule has 0 saturated carbocycles. The van der Waals surface area contributed by atoms with Crippen LogP contribution in [0.4, 0.5) is 0 Å². The summed E-state index contributed by atoms with van der Waals surface area (Å²) in [5.41, 5.74) is 1.77. The van der Waals surface area contributed by atoms with E-state index in [1.54, 1.807) is 12.3 Å². The molecule has 162 valence electrons. The predicted octanol–water partition coefficient (Wildman–Crippen LogP) is 5.21. The molecule has 1 unspecified atom stereocenters. The van der Waals surface area contributed by atoms with E-state index >= 15 is 0 Å². The van der Waals surface area contributed by atoms with E-state index in [0.717, 1.165) is 22.6 Å². The molecule has 1 amide bonds. The third kappa shape index (κ3) is 5.02. The fourth-order valence-corrected chi connectivity index (χ4v) is 3.79. The molecule has 1 atom stereocenters. The molecule has 4 rings (SSSR count). The third-order valence-corrected chi connectivity index (χ3v) is 5.50. The van der Waals surface area contributed by atoms with Crippen LogP contribution in [0.1, 0.15) is 37.8 Å². The number of carbonyl (C=O) groups excluding carboxylic acids is 1. The molecule has 1 N–H and O–H groups in total. The summed E-state index contributed by atoms with van der Waals surface area (Å²) in [4.78, 5) is 17.0. The second-order valence-corrected chi connectivity index (χ2v) is 8.20. The summed E-state index contributed by atoms with van der Waals surface area (Å²) in [7, 11) is 0. The van der Waals surface area contributed by atoms with E-state index in [-0.39, 0.29) is 24.3 Å². The highest BCUT2D eigenvalue weighted by molar-refractivity contribution is 6.33. The number of oxazole rings is 1. The van der Waals surface area contributed by atoms with Gasteiger partial charge in [-0.05, 0) is 35.7 Å². The van der Waals surface area contributed by atoms with Gasteiger partial charge in [0.25, 0.3) is 0 Å². The Morgan fingerprint density at radius 3 is 2.68 bits per heavy atom. The van der Waals surface area contributed by atoms with Gasteiger partial charge in [0, 0.05) is 18.4 Å². The lowest BCUT2D eigenvalue weighted by Gasteiger charge is -2.25. The van der Waals surface area contributed by atoms with E-state index in [4.69, 9.17) is 25.5 Å². The van der Waals surface area contributed by atoms with Crippen LogP contribution in [0, 0.1) is 5.92 Å². The van der Waals surface area contributed by atoms with E-state index in [1.165, 1.54) is 0 Å². The minimum absolute atomic E-state index is 0.0638. The first-order valence-corrected chi connectivity index (χ1v) is 10.8. The monoisotopic (exact) mass is 440 g/mol. The third-order valence-electron chi connectivity index (χ3n) is 5.17. The Kier molecular flexibility index (Phi) is 6.47. The molecule has 0 bridgehead atoms. The summed E-state index contributed by atoms with van der Waals surface area (Å²) in [6, 6.07) is 13.1. The molecule has 1 aliphatic heterocycles. The van der Waals surface area contributed by atoms with Gasteiger partial charge < -0.3 is 19.2 Å². The van der Waals surface area contributed by atoms with E-state index in [9.17, 15) is 4.79 Å². The van der Waals surface area contributed by atoms with Crippen molar-refractivity contribution in [3.05, 3.63) is 65.1 Å². The van der Waals surface area contributed by atoms with Gasteiger partial charge in [-0.1, -0.05) is 43.6 Å². The summed E-state index contributed by atoms with van der Waals surface area (Å²) in [5, 5.41) is 3.73. The number of carbonyl (C=O) groups is 1. The number of benzene rings is 2. The van der Waals surface area contributed by atoms with Crippen LogP contribution >= 0.6 is 11.6 Å². The van der Waals surface area contributed by atoms with E-state index in [2.05, 4.69) is 24.1 Å². The van der Waals surface area contributed by atoms with Crippen LogP contribution in [-0.2, 0) is 11.2 Å². The van der Waals surface area contributed by atoms with Gasteiger partial charge in [-0.2, -0.15) is 0 Å². The smallest absolute Gasteiger partial charge is 0.221 e. The zero-order valence-corrected chi connectivity index (χ0v) is 18.3. The van der Waals surface area contributed by atoms with Gasteiger partial charge >= 0.3 is 0 Å². The lowest BCUT2D eigenvalue weighted by molar-refractivity contribution is -0.122. The number of halogens is 1. The van der Waals surface area contributed by atoms with Gasteiger partial charge in [0.2, 0.25) is 5.91 Å². The standard InChI is InChI=1S/C24H25ClN2O4/c1-15(2)24(16-7-8-19-20(13-16)30-12-11-29-19)27-22(28)9-10-23-26-14-21(31-23)17-5-3-4-6-18(17)25/h3-8,13-15,24H,9-12H2,1-2H3,(H,27,28). The number of aryl methyl sites for hydroxylation is 1. The predicted molar refractivity (Wildman–Crippen MR) is 118 cm³/mol. The van der Waals surface area contributed by atoms with Crippen LogP contribution in [0.5, 0.6) is 11.5 Å². The number of hydrogen-bond donors (Lipinski definition) is 1. The molecule has 1 aromatic heterocycles. The maximum absolute atomic E-state index is 12.7. The molecule has 0 saturated heterocycles. The number of nitrogens with zero attached hydrogens (tertiary/aromatic N) is 1. The molecule has 1 aliphatic rings. The van der Waals surface area contributed by atoms with Crippen molar-refractivity contribution >= 4 is 17.5 Å². The molecular weight excluding hydrogens is 416 g/mol. The lowest BCUT2D eigenvalue weighted by Crippen LogP contribution is -2.32. The Morgan fingerprint density at radius 2 is 1.90 bits per heavy atom. The van der Waals surface area contributed by atoms with Crippen molar-refractivity contribution in [2.45, 2.75) is 32.7 Å². The largest absolute Gasteiger partial charge is 0.486 e. The van der Waals surface area contributed by atoms with Crippen molar-refractivity contribution in [1.82, 2.24) is 10.3 Å². The van der Waals surface area contributed by atoms with Gasteiger partial charge in [-0.15, -0.1) is 0 Å². The highest BCUT2D eigenvalue weighted by Gasteiger charge is 2.22. The number of nitrogens with one attached hydrogen (secondary N) is 1. The zero-order valence-electron chi connectivity index (χ0n) is 17.6. The first-order valence-electron chi connectivity index (χ1n) is 10.4. The summed E-state index contributed by atoms with van der Waals surface area (Å²) in [6.07, 6.45) is 2.32. The molecule has 3 aromatic rings. The van der Waals surface area contributed by atoms with E-state index < -0.39 is 0 Å². The normalized spacial score (nSPS) is 13.8. The Labute approximate surface area is 186 Å². The average molecular weight is 441 g/mol. The molecule has 0 spiro atoms. The molecule has 6 nitrogen and oxygen atoms in total. The van der Waals surface area contributed by atoms with Gasteiger partial charge in [-0.25, -0.2) is 4.98 Å². The van der Waals surface area contributed by atoms with Gasteiger partial charge in [-0.3, -0.25) is 4.79 Å². The second kappa shape index (κ2) is 9.43. The van der Waals surface area contributed by atoms with Gasteiger partial charge in [0.1, 0.15) is 13.2 Å². The van der Waals surface area contributed by atoms with Crippen LogP contribution in [0.15, 0.2) is 53.1 Å². The Balaban J connectivity index is 1.39. The topological polar surface area (TPSA) is 73.6 Å². The number of hydrogen-bond acceptors (Lipinski definition) is 5. The Bertz CT molecular complexity index is 1060.